The summed E-state index contributed by atoms with van der Waals surface area (Å²) in [6.45, 7) is 1.88. The Bertz CT molecular complexity index is 1190. The number of alkyl carbamates (subject to hydrolysis) is 1. The van der Waals surface area contributed by atoms with Crippen molar-refractivity contribution in [1.29, 1.82) is 0 Å². The van der Waals surface area contributed by atoms with Gasteiger partial charge in [-0.05, 0) is 40.8 Å². The fourth-order valence-electron chi connectivity index (χ4n) is 4.47. The molecule has 1 atom stereocenters. The summed E-state index contributed by atoms with van der Waals surface area (Å²) in [7, 11) is 0. The van der Waals surface area contributed by atoms with Gasteiger partial charge in [0.05, 0.1) is 12.2 Å². The third kappa shape index (κ3) is 3.66. The Balaban J connectivity index is 1.21. The maximum atomic E-state index is 12.8. The van der Waals surface area contributed by atoms with Gasteiger partial charge in [0.1, 0.15) is 6.61 Å². The highest BCUT2D eigenvalue weighted by Gasteiger charge is 2.29. The third-order valence-electron chi connectivity index (χ3n) is 6.10. The van der Waals surface area contributed by atoms with E-state index in [1.807, 2.05) is 48.5 Å². The highest BCUT2D eigenvalue weighted by atomic mass is 16.5. The molecule has 0 saturated carbocycles. The number of carbonyl (C=O) groups excluding carboxylic acids is 2. The predicted molar refractivity (Wildman–Crippen MR) is 123 cm³/mol. The van der Waals surface area contributed by atoms with Gasteiger partial charge in [0.15, 0.2) is 5.78 Å². The molecule has 0 aromatic heterocycles. The van der Waals surface area contributed by atoms with Crippen molar-refractivity contribution in [2.24, 2.45) is 0 Å². The lowest BCUT2D eigenvalue weighted by Gasteiger charge is -2.20. The first-order valence-corrected chi connectivity index (χ1v) is 10.7. The number of ether oxygens (including phenoxy) is 1. The number of carbonyl (C=O) groups is 2. The van der Waals surface area contributed by atoms with Crippen LogP contribution in [0, 0.1) is 6.20 Å². The molecule has 1 radical (unpaired) electrons. The SMILES string of the molecule is C[C@H](NC(=O)OCC1c2ccccc2-c2ccccc21)C(=O)C1=[C]Nc2ccccc2C1. The van der Waals surface area contributed by atoms with E-state index in [-0.39, 0.29) is 18.3 Å². The Morgan fingerprint density at radius 1 is 1.00 bits per heavy atom. The first kappa shape index (κ1) is 20.1. The van der Waals surface area contributed by atoms with Crippen LogP contribution in [0.4, 0.5) is 10.5 Å². The van der Waals surface area contributed by atoms with Crippen LogP contribution in [0.25, 0.3) is 11.1 Å². The van der Waals surface area contributed by atoms with Gasteiger partial charge in [-0.25, -0.2) is 4.79 Å². The van der Waals surface area contributed by atoms with Crippen LogP contribution in [0.2, 0.25) is 0 Å². The molecule has 3 aromatic rings. The van der Waals surface area contributed by atoms with Gasteiger partial charge in [-0.3, -0.25) is 4.79 Å². The van der Waals surface area contributed by atoms with Crippen LogP contribution >= 0.6 is 0 Å². The first-order chi connectivity index (χ1) is 15.6. The molecule has 2 aliphatic rings. The van der Waals surface area contributed by atoms with Crippen LogP contribution in [-0.4, -0.2) is 24.5 Å². The second-order valence-corrected chi connectivity index (χ2v) is 8.12. The largest absolute Gasteiger partial charge is 0.449 e. The van der Waals surface area contributed by atoms with E-state index in [0.29, 0.717) is 12.0 Å². The van der Waals surface area contributed by atoms with Crippen LogP contribution in [-0.2, 0) is 16.0 Å². The van der Waals surface area contributed by atoms with Crippen molar-refractivity contribution in [2.45, 2.75) is 25.3 Å². The van der Waals surface area contributed by atoms with Crippen molar-refractivity contribution >= 4 is 17.6 Å². The number of nitrogens with one attached hydrogen (secondary N) is 2. The lowest BCUT2D eigenvalue weighted by Crippen LogP contribution is -2.40. The minimum atomic E-state index is -0.708. The number of para-hydroxylation sites is 1. The summed E-state index contributed by atoms with van der Waals surface area (Å²) < 4.78 is 5.56. The zero-order valence-corrected chi connectivity index (χ0v) is 17.7. The average molecular weight is 423 g/mol. The molecular weight excluding hydrogens is 400 g/mol. The van der Waals surface area contributed by atoms with E-state index in [2.05, 4.69) is 41.1 Å². The summed E-state index contributed by atoms with van der Waals surface area (Å²) in [4.78, 5) is 25.3. The molecule has 0 unspecified atom stereocenters. The van der Waals surface area contributed by atoms with E-state index in [0.717, 1.165) is 22.4 Å². The molecule has 5 rings (SSSR count). The Morgan fingerprint density at radius 2 is 1.62 bits per heavy atom. The first-order valence-electron chi connectivity index (χ1n) is 10.7. The molecule has 3 aromatic carbocycles. The Kier molecular flexibility index (Phi) is 5.23. The second kappa shape index (κ2) is 8.35. The number of hydrogen-bond acceptors (Lipinski definition) is 4. The standard InChI is InChI=1S/C27H23N2O3/c1-17(26(30)19-14-18-8-2-7-13-25(18)28-15-19)29-27(31)32-16-24-22-11-5-3-9-20(22)21-10-4-6-12-23(21)24/h2-13,17,24,28H,14,16H2,1H3,(H,29,31)/t17-/m0/s1. The highest BCUT2D eigenvalue weighted by Crippen LogP contribution is 2.44. The van der Waals surface area contributed by atoms with Gasteiger partial charge in [0, 0.05) is 23.6 Å². The molecule has 0 bridgehead atoms. The number of amides is 1. The molecular formula is C27H23N2O3. The Labute approximate surface area is 187 Å². The van der Waals surface area contributed by atoms with Gasteiger partial charge in [-0.15, -0.1) is 0 Å². The molecule has 5 heteroatoms. The van der Waals surface area contributed by atoms with Crippen LogP contribution in [0.3, 0.4) is 0 Å². The summed E-state index contributed by atoms with van der Waals surface area (Å²) in [6.07, 6.45) is 2.84. The predicted octanol–water partition coefficient (Wildman–Crippen LogP) is 4.84. The van der Waals surface area contributed by atoms with Gasteiger partial charge >= 0.3 is 6.09 Å². The average Bonchev–Trinajstić information content (AvgIpc) is 3.15. The molecule has 5 nitrogen and oxygen atoms in total. The number of ketones is 1. The van der Waals surface area contributed by atoms with Gasteiger partial charge < -0.3 is 15.4 Å². The molecule has 32 heavy (non-hydrogen) atoms. The summed E-state index contributed by atoms with van der Waals surface area (Å²) >= 11 is 0. The van der Waals surface area contributed by atoms with E-state index in [4.69, 9.17) is 4.74 Å². The molecule has 159 valence electrons. The number of benzene rings is 3. The molecule has 1 amide bonds. The molecule has 0 spiro atoms. The van der Waals surface area contributed by atoms with Gasteiger partial charge in [-0.2, -0.15) is 0 Å². The lowest BCUT2D eigenvalue weighted by atomic mass is 9.95. The van der Waals surface area contributed by atoms with Crippen molar-refractivity contribution in [3.63, 3.8) is 0 Å². The van der Waals surface area contributed by atoms with E-state index < -0.39 is 12.1 Å². The fraction of sp³-hybridized carbons (Fsp3) is 0.185. The van der Waals surface area contributed by atoms with E-state index in [1.54, 1.807) is 6.92 Å². The zero-order valence-electron chi connectivity index (χ0n) is 17.7. The Morgan fingerprint density at radius 3 is 2.34 bits per heavy atom. The lowest BCUT2D eigenvalue weighted by molar-refractivity contribution is -0.117. The van der Waals surface area contributed by atoms with Crippen LogP contribution in [0.5, 0.6) is 0 Å². The van der Waals surface area contributed by atoms with Crippen molar-refractivity contribution in [3.8, 4) is 11.1 Å². The Hall–Kier alpha value is -3.86. The molecule has 1 aliphatic heterocycles. The number of hydrogen-bond donors (Lipinski definition) is 2. The molecule has 0 fully saturated rings. The van der Waals surface area contributed by atoms with Gasteiger partial charge in [0.2, 0.25) is 0 Å². The maximum absolute atomic E-state index is 12.8. The number of fused-ring (bicyclic) bond motifs is 4. The van der Waals surface area contributed by atoms with E-state index in [9.17, 15) is 9.59 Å². The number of rotatable bonds is 5. The van der Waals surface area contributed by atoms with Gasteiger partial charge in [0.25, 0.3) is 0 Å². The minimum absolute atomic E-state index is 0.0192. The molecule has 0 saturated heterocycles. The monoisotopic (exact) mass is 423 g/mol. The zero-order chi connectivity index (χ0) is 22.1. The second-order valence-electron chi connectivity index (χ2n) is 8.12. The van der Waals surface area contributed by atoms with Crippen LogP contribution in [0.15, 0.2) is 78.4 Å². The quantitative estimate of drug-likeness (QED) is 0.616. The van der Waals surface area contributed by atoms with Crippen LogP contribution in [0.1, 0.15) is 29.5 Å². The molecule has 1 heterocycles. The normalized spacial score (nSPS) is 14.8. The van der Waals surface area contributed by atoms with Crippen molar-refractivity contribution in [3.05, 3.63) is 101 Å². The van der Waals surface area contributed by atoms with Crippen molar-refractivity contribution in [1.82, 2.24) is 5.32 Å². The highest BCUT2D eigenvalue weighted by molar-refractivity contribution is 6.01. The van der Waals surface area contributed by atoms with E-state index >= 15 is 0 Å². The summed E-state index contributed by atoms with van der Waals surface area (Å²) in [5.74, 6) is -0.199. The summed E-state index contributed by atoms with van der Waals surface area (Å²) in [5.41, 5.74) is 7.13. The van der Waals surface area contributed by atoms with Crippen molar-refractivity contribution in [2.75, 3.05) is 11.9 Å². The topological polar surface area (TPSA) is 67.4 Å². The fourth-order valence-corrected chi connectivity index (χ4v) is 4.47. The molecule has 1 aliphatic carbocycles. The summed E-state index contributed by atoms with van der Waals surface area (Å²) in [6, 6.07) is 23.4. The smallest absolute Gasteiger partial charge is 0.407 e. The molecule has 2 N–H and O–H groups in total. The third-order valence-corrected chi connectivity index (χ3v) is 6.10. The van der Waals surface area contributed by atoms with Gasteiger partial charge in [-0.1, -0.05) is 66.7 Å². The number of anilines is 1. The van der Waals surface area contributed by atoms with Crippen LogP contribution < -0.4 is 10.6 Å². The maximum Gasteiger partial charge on any atom is 0.407 e. The van der Waals surface area contributed by atoms with Crippen molar-refractivity contribution < 1.29 is 14.3 Å². The summed E-state index contributed by atoms with van der Waals surface area (Å²) in [5, 5.41) is 5.70. The number of Topliss-reactive ketones (excluding diaryl/α,β-unsaturated/α-hetero) is 1. The minimum Gasteiger partial charge on any atom is -0.449 e. The van der Waals surface area contributed by atoms with E-state index in [1.165, 1.54) is 11.1 Å².